The van der Waals surface area contributed by atoms with Gasteiger partial charge in [0.1, 0.15) is 0 Å². The lowest BCUT2D eigenvalue weighted by molar-refractivity contribution is 1.21. The topological polar surface area (TPSA) is 110 Å². The number of nitrogens with two attached hydrogens (primary N) is 1. The maximum absolute atomic E-state index is 7.21. The molecule has 0 fully saturated rings. The van der Waals surface area contributed by atoms with Gasteiger partial charge in [0.15, 0.2) is 0 Å². The van der Waals surface area contributed by atoms with Gasteiger partial charge in [0.25, 0.3) is 0 Å². The van der Waals surface area contributed by atoms with Crippen LogP contribution in [0.2, 0.25) is 0 Å². The van der Waals surface area contributed by atoms with E-state index in [2.05, 4.69) is 16.0 Å². The predicted octanol–water partition coefficient (Wildman–Crippen LogP) is 0.332. The molecule has 5 nitrogen and oxygen atoms in total. The van der Waals surface area contributed by atoms with E-state index in [1.54, 1.807) is 0 Å². The Morgan fingerprint density at radius 2 is 2.00 bits per heavy atom. The molecule has 0 amide bonds. The van der Waals surface area contributed by atoms with Crippen LogP contribution in [0.3, 0.4) is 0 Å². The first-order chi connectivity index (χ1) is 1.91. The third-order valence-electron chi connectivity index (χ3n) is 0.0516. The van der Waals surface area contributed by atoms with Crippen LogP contribution in [0.4, 0.5) is 0 Å². The normalized spacial score (nSPS) is 3.20. The molecule has 30 valence electrons. The van der Waals surface area contributed by atoms with E-state index in [-0.39, 0.29) is 6.15 Å². The molecule has 0 bridgehead atoms. The Balaban J connectivity index is 0. The van der Waals surface area contributed by atoms with Gasteiger partial charge in [-0.25, -0.2) is 0 Å². The molecule has 0 aromatic heterocycles. The van der Waals surface area contributed by atoms with Gasteiger partial charge in [0, 0.05) is 0 Å². The predicted molar refractivity (Wildman–Crippen MR) is 18.4 cm³/mol. The zero-order valence-electron chi connectivity index (χ0n) is 2.63. The second-order valence-corrected chi connectivity index (χ2v) is 0.205. The SMILES string of the molecule is N.[N-]=[N+]=NN. The number of nitrogens with zero attached hydrogens (tertiary/aromatic N) is 3. The molecule has 0 aliphatic rings. The Bertz CT molecular complexity index is 38.0. The molecule has 0 heterocycles. The second-order valence-electron chi connectivity index (χ2n) is 0.205. The molecule has 0 saturated heterocycles. The van der Waals surface area contributed by atoms with Crippen LogP contribution in [0.15, 0.2) is 5.22 Å². The van der Waals surface area contributed by atoms with Gasteiger partial charge >= 0.3 is 0 Å². The van der Waals surface area contributed by atoms with Crippen LogP contribution >= 0.6 is 0 Å². The van der Waals surface area contributed by atoms with Gasteiger partial charge < -0.3 is 6.15 Å². The standard InChI is InChI=1S/H2N4.H3N/c1-3-4-2;/h1H2;1H3. The molecule has 5 heavy (non-hydrogen) atoms. The molecule has 0 aromatic carbocycles. The smallest absolute Gasteiger partial charge is 0.0241 e. The van der Waals surface area contributed by atoms with Crippen molar-refractivity contribution in [2.24, 2.45) is 11.1 Å². The first-order valence-electron chi connectivity index (χ1n) is 0.658. The fourth-order valence-electron chi connectivity index (χ4n) is 0. The maximum Gasteiger partial charge on any atom is -0.0241 e. The maximum atomic E-state index is 7.21. The highest BCUT2D eigenvalue weighted by molar-refractivity contribution is 4.28. The lowest BCUT2D eigenvalue weighted by Gasteiger charge is -1.44. The molecule has 0 radical (unpaired) electrons. The van der Waals surface area contributed by atoms with Crippen molar-refractivity contribution >= 4 is 0 Å². The number of azide groups is 1. The monoisotopic (exact) mass is 75.1 g/mol. The van der Waals surface area contributed by atoms with Crippen molar-refractivity contribution < 1.29 is 0 Å². The summed E-state index contributed by atoms with van der Waals surface area (Å²) in [6.07, 6.45) is 0. The van der Waals surface area contributed by atoms with Crippen molar-refractivity contribution in [1.82, 2.24) is 6.15 Å². The van der Waals surface area contributed by atoms with Crippen LogP contribution in [0.25, 0.3) is 10.4 Å². The van der Waals surface area contributed by atoms with Crippen LogP contribution < -0.4 is 12.0 Å². The summed E-state index contributed by atoms with van der Waals surface area (Å²) in [4.78, 5) is 2.14. The summed E-state index contributed by atoms with van der Waals surface area (Å²) >= 11 is 0. The summed E-state index contributed by atoms with van der Waals surface area (Å²) in [6, 6.07) is 0. The third kappa shape index (κ3) is 717. The molecule has 5 heteroatoms. The molecule has 0 saturated carbocycles. The summed E-state index contributed by atoms with van der Waals surface area (Å²) in [5, 5.41) is 2.42. The largest absolute Gasteiger partial charge is 0.344 e. The highest BCUT2D eigenvalue weighted by Gasteiger charge is 1.18. The highest BCUT2D eigenvalue weighted by atomic mass is 15.3. The van der Waals surface area contributed by atoms with Crippen LogP contribution in [-0.2, 0) is 0 Å². The van der Waals surface area contributed by atoms with E-state index in [1.165, 1.54) is 0 Å². The number of hydrogen-bond acceptors (Lipinski definition) is 2. The first kappa shape index (κ1) is 8.95. The number of hydrogen-bond donors (Lipinski definition) is 2. The van der Waals surface area contributed by atoms with Crippen LogP contribution in [-0.4, -0.2) is 0 Å². The third-order valence-corrected chi connectivity index (χ3v) is 0.0516. The van der Waals surface area contributed by atoms with E-state index in [0.29, 0.717) is 0 Å². The summed E-state index contributed by atoms with van der Waals surface area (Å²) in [5.74, 6) is 4.24. The van der Waals surface area contributed by atoms with Gasteiger partial charge in [-0.1, -0.05) is 0 Å². The molecule has 0 aliphatic carbocycles. The Hall–Kier alpha value is -0.930. The Morgan fingerprint density at radius 3 is 2.00 bits per heavy atom. The second kappa shape index (κ2) is 11.5. The zero-order valence-corrected chi connectivity index (χ0v) is 2.63. The average Bonchev–Trinajstić information content (AvgIpc) is 1.37. The van der Waals surface area contributed by atoms with Crippen molar-refractivity contribution in [3.63, 3.8) is 0 Å². The Labute approximate surface area is 29.0 Å². The quantitative estimate of drug-likeness (QED) is 0.142. The van der Waals surface area contributed by atoms with Gasteiger partial charge in [-0.3, -0.25) is 5.84 Å². The molecule has 5 N–H and O–H groups in total. The molecule has 0 rings (SSSR count). The highest BCUT2D eigenvalue weighted by Crippen LogP contribution is 1.38. The van der Waals surface area contributed by atoms with Gasteiger partial charge in [-0.2, -0.15) is 4.91 Å². The lowest BCUT2D eigenvalue weighted by atomic mass is 12.7. The van der Waals surface area contributed by atoms with E-state index >= 15 is 0 Å². The molecule has 0 aromatic rings. The minimum Gasteiger partial charge on any atom is -0.344 e. The van der Waals surface area contributed by atoms with Crippen molar-refractivity contribution in [3.8, 4) is 0 Å². The van der Waals surface area contributed by atoms with Crippen LogP contribution in [0.1, 0.15) is 0 Å². The van der Waals surface area contributed by atoms with Crippen LogP contribution in [0.5, 0.6) is 0 Å². The summed E-state index contributed by atoms with van der Waals surface area (Å²) in [5.41, 5.74) is 7.21. The molecule has 0 spiro atoms. The van der Waals surface area contributed by atoms with E-state index in [9.17, 15) is 0 Å². The van der Waals surface area contributed by atoms with E-state index < -0.39 is 0 Å². The Morgan fingerprint density at radius 1 is 1.80 bits per heavy atom. The van der Waals surface area contributed by atoms with Crippen molar-refractivity contribution in [2.45, 2.75) is 0 Å². The molecular weight excluding hydrogens is 70.0 g/mol. The van der Waals surface area contributed by atoms with E-state index in [1.807, 2.05) is 0 Å². The summed E-state index contributed by atoms with van der Waals surface area (Å²) in [7, 11) is 0. The zero-order chi connectivity index (χ0) is 3.41. The van der Waals surface area contributed by atoms with E-state index in [0.717, 1.165) is 0 Å². The fourth-order valence-corrected chi connectivity index (χ4v) is 0. The van der Waals surface area contributed by atoms with Gasteiger partial charge in [0.05, 0.1) is 0 Å². The first-order valence-corrected chi connectivity index (χ1v) is 0.658. The van der Waals surface area contributed by atoms with Crippen molar-refractivity contribution in [1.29, 1.82) is 0 Å². The van der Waals surface area contributed by atoms with Crippen molar-refractivity contribution in [3.05, 3.63) is 10.4 Å². The lowest BCUT2D eigenvalue weighted by Crippen LogP contribution is -1.66. The minimum atomic E-state index is 0. The summed E-state index contributed by atoms with van der Waals surface area (Å²) in [6.45, 7) is 0. The van der Waals surface area contributed by atoms with Crippen LogP contribution in [0, 0.1) is 0 Å². The molecule has 0 aliphatic heterocycles. The van der Waals surface area contributed by atoms with Gasteiger partial charge in [0.2, 0.25) is 0 Å². The number of rotatable bonds is 0. The summed E-state index contributed by atoms with van der Waals surface area (Å²) < 4.78 is 0. The van der Waals surface area contributed by atoms with E-state index in [4.69, 9.17) is 5.53 Å². The molecule has 0 unspecified atom stereocenters. The van der Waals surface area contributed by atoms with Gasteiger partial charge in [-0.15, -0.1) is 5.53 Å². The minimum absolute atomic E-state index is 0. The van der Waals surface area contributed by atoms with Crippen molar-refractivity contribution in [2.75, 3.05) is 0 Å². The molecule has 0 atom stereocenters. The van der Waals surface area contributed by atoms with Gasteiger partial charge in [-0.05, 0) is 5.22 Å². The average molecular weight is 75.1 g/mol. The molecular formula is H5N5. The fraction of sp³-hybridized carbons (Fsp3) is 0. The Kier molecular flexibility index (Phi) is 20.6.